The van der Waals surface area contributed by atoms with Crippen LogP contribution < -0.4 is 0 Å². The second-order valence-corrected chi connectivity index (χ2v) is 5.84. The number of nitrogens with zero attached hydrogens (tertiary/aromatic N) is 2. The first-order valence-electron chi connectivity index (χ1n) is 5.64. The van der Waals surface area contributed by atoms with E-state index in [1.165, 1.54) is 0 Å². The van der Waals surface area contributed by atoms with Crippen LogP contribution in [0.5, 0.6) is 0 Å². The quantitative estimate of drug-likeness (QED) is 0.578. The number of rotatable bonds is 1. The summed E-state index contributed by atoms with van der Waals surface area (Å²) < 4.78 is 2.76. The molecule has 19 heavy (non-hydrogen) atoms. The Morgan fingerprint density at radius 3 is 2.63 bits per heavy atom. The van der Waals surface area contributed by atoms with E-state index >= 15 is 0 Å². The smallest absolute Gasteiger partial charge is 0.111 e. The van der Waals surface area contributed by atoms with E-state index in [4.69, 9.17) is 23.2 Å². The molecule has 0 spiro atoms. The van der Waals surface area contributed by atoms with Crippen LogP contribution in [0.15, 0.2) is 41.0 Å². The first-order chi connectivity index (χ1) is 9.08. The van der Waals surface area contributed by atoms with Crippen molar-refractivity contribution in [3.63, 3.8) is 0 Å². The topological polar surface area (TPSA) is 17.8 Å². The first-order valence-corrected chi connectivity index (χ1v) is 7.19. The lowest BCUT2D eigenvalue weighted by atomic mass is 10.0. The Balaban J connectivity index is 2.33. The highest BCUT2D eigenvalue weighted by atomic mass is 79.9. The van der Waals surface area contributed by atoms with Crippen LogP contribution in [0.3, 0.4) is 0 Å². The highest BCUT2D eigenvalue weighted by molar-refractivity contribution is 9.10. The molecule has 0 unspecified atom stereocenters. The van der Waals surface area contributed by atoms with Gasteiger partial charge in [-0.2, -0.15) is 5.10 Å². The second kappa shape index (κ2) is 4.82. The number of aryl methyl sites for hydroxylation is 1. The minimum Gasteiger partial charge on any atom is -0.260 e. The van der Waals surface area contributed by atoms with Gasteiger partial charge in [0.2, 0.25) is 0 Å². The molecule has 0 aliphatic heterocycles. The largest absolute Gasteiger partial charge is 0.260 e. The minimum absolute atomic E-state index is 0.627. The molecule has 3 rings (SSSR count). The molecule has 1 aromatic heterocycles. The highest BCUT2D eigenvalue weighted by Gasteiger charge is 2.13. The molecule has 0 fully saturated rings. The number of benzene rings is 2. The Bertz CT molecular complexity index is 780. The summed E-state index contributed by atoms with van der Waals surface area (Å²) >= 11 is 15.8. The summed E-state index contributed by atoms with van der Waals surface area (Å²) in [5.74, 6) is 0. The van der Waals surface area contributed by atoms with Gasteiger partial charge in [-0.3, -0.25) is 4.68 Å². The van der Waals surface area contributed by atoms with E-state index in [0.29, 0.717) is 10.0 Å². The maximum Gasteiger partial charge on any atom is 0.111 e. The Kier molecular flexibility index (Phi) is 3.29. The maximum atomic E-state index is 6.28. The summed E-state index contributed by atoms with van der Waals surface area (Å²) in [5, 5.41) is 6.85. The molecule has 3 aromatic rings. The number of halogens is 3. The molecule has 0 N–H and O–H groups in total. The van der Waals surface area contributed by atoms with E-state index in [-0.39, 0.29) is 0 Å². The van der Waals surface area contributed by atoms with Gasteiger partial charge in [-0.05, 0) is 34.1 Å². The van der Waals surface area contributed by atoms with E-state index in [0.717, 1.165) is 26.6 Å². The molecular formula is C14H9BrCl2N2. The predicted molar refractivity (Wildman–Crippen MR) is 83.9 cm³/mol. The molecule has 0 radical (unpaired) electrons. The zero-order chi connectivity index (χ0) is 13.6. The molecule has 96 valence electrons. The van der Waals surface area contributed by atoms with Crippen molar-refractivity contribution in [1.29, 1.82) is 0 Å². The molecule has 0 atom stereocenters. The van der Waals surface area contributed by atoms with Gasteiger partial charge in [-0.25, -0.2) is 0 Å². The van der Waals surface area contributed by atoms with E-state index in [9.17, 15) is 0 Å². The molecule has 2 aromatic carbocycles. The van der Waals surface area contributed by atoms with Crippen LogP contribution in [-0.4, -0.2) is 9.78 Å². The summed E-state index contributed by atoms with van der Waals surface area (Å²) in [4.78, 5) is 0. The van der Waals surface area contributed by atoms with E-state index < -0.39 is 0 Å². The Labute approximate surface area is 129 Å². The highest BCUT2D eigenvalue weighted by Crippen LogP contribution is 2.36. The average molecular weight is 356 g/mol. The van der Waals surface area contributed by atoms with Gasteiger partial charge in [0.05, 0.1) is 0 Å². The van der Waals surface area contributed by atoms with Gasteiger partial charge in [-0.1, -0.05) is 41.4 Å². The fourth-order valence-electron chi connectivity index (χ4n) is 2.11. The SMILES string of the molecule is Cn1nc2c(-c3ccc(Cl)cc3Cl)cccc2c1Br. The van der Waals surface area contributed by atoms with Crippen molar-refractivity contribution in [2.45, 2.75) is 0 Å². The predicted octanol–water partition coefficient (Wildman–Crippen LogP) is 5.31. The van der Waals surface area contributed by atoms with Crippen molar-refractivity contribution in [3.8, 4) is 11.1 Å². The monoisotopic (exact) mass is 354 g/mol. The summed E-state index contributed by atoms with van der Waals surface area (Å²) in [7, 11) is 1.90. The Hall–Kier alpha value is -1.03. The third kappa shape index (κ3) is 2.16. The van der Waals surface area contributed by atoms with Gasteiger partial charge < -0.3 is 0 Å². The molecule has 5 heteroatoms. The summed E-state index contributed by atoms with van der Waals surface area (Å²) in [6, 6.07) is 11.5. The lowest BCUT2D eigenvalue weighted by Crippen LogP contribution is -1.89. The molecule has 0 aliphatic carbocycles. The lowest BCUT2D eigenvalue weighted by molar-refractivity contribution is 0.761. The van der Waals surface area contributed by atoms with Gasteiger partial charge in [0.25, 0.3) is 0 Å². The zero-order valence-electron chi connectivity index (χ0n) is 9.99. The third-order valence-corrected chi connectivity index (χ3v) is 4.50. The van der Waals surface area contributed by atoms with Crippen LogP contribution in [-0.2, 0) is 7.05 Å². The van der Waals surface area contributed by atoms with E-state index in [1.54, 1.807) is 10.7 Å². The molecule has 0 saturated heterocycles. The molecule has 2 nitrogen and oxygen atoms in total. The fraction of sp³-hybridized carbons (Fsp3) is 0.0714. The van der Waals surface area contributed by atoms with Crippen LogP contribution in [0, 0.1) is 0 Å². The molecule has 1 heterocycles. The number of hydrogen-bond donors (Lipinski definition) is 0. The molecule has 0 aliphatic rings. The second-order valence-electron chi connectivity index (χ2n) is 4.24. The molecule has 0 saturated carbocycles. The van der Waals surface area contributed by atoms with Crippen molar-refractivity contribution >= 4 is 50.0 Å². The Morgan fingerprint density at radius 1 is 1.11 bits per heavy atom. The van der Waals surface area contributed by atoms with Gasteiger partial charge >= 0.3 is 0 Å². The Morgan fingerprint density at radius 2 is 1.89 bits per heavy atom. The summed E-state index contributed by atoms with van der Waals surface area (Å²) in [6.45, 7) is 0. The number of aromatic nitrogens is 2. The van der Waals surface area contributed by atoms with Crippen molar-refractivity contribution in [2.24, 2.45) is 7.05 Å². The van der Waals surface area contributed by atoms with E-state index in [2.05, 4.69) is 21.0 Å². The van der Waals surface area contributed by atoms with Crippen molar-refractivity contribution in [3.05, 3.63) is 51.0 Å². The molecular weight excluding hydrogens is 347 g/mol. The lowest BCUT2D eigenvalue weighted by Gasteiger charge is -2.05. The van der Waals surface area contributed by atoms with Crippen LogP contribution in [0.25, 0.3) is 22.0 Å². The minimum atomic E-state index is 0.627. The van der Waals surface area contributed by atoms with Gasteiger partial charge in [0.15, 0.2) is 0 Å². The van der Waals surface area contributed by atoms with Gasteiger partial charge in [0, 0.05) is 33.6 Å². The summed E-state index contributed by atoms with van der Waals surface area (Å²) in [6.07, 6.45) is 0. The van der Waals surface area contributed by atoms with Crippen LogP contribution in [0.1, 0.15) is 0 Å². The van der Waals surface area contributed by atoms with Crippen molar-refractivity contribution < 1.29 is 0 Å². The fourth-order valence-corrected chi connectivity index (χ4v) is 3.02. The van der Waals surface area contributed by atoms with Crippen molar-refractivity contribution in [1.82, 2.24) is 9.78 Å². The van der Waals surface area contributed by atoms with Crippen LogP contribution >= 0.6 is 39.1 Å². The number of fused-ring (bicyclic) bond motifs is 1. The molecule has 0 bridgehead atoms. The summed E-state index contributed by atoms with van der Waals surface area (Å²) in [5.41, 5.74) is 2.85. The van der Waals surface area contributed by atoms with Gasteiger partial charge in [-0.15, -0.1) is 0 Å². The van der Waals surface area contributed by atoms with Crippen LogP contribution in [0.2, 0.25) is 10.0 Å². The standard InChI is InChI=1S/C14H9BrCl2N2/c1-19-14(15)11-4-2-3-10(13(11)18-19)9-6-5-8(16)7-12(9)17/h2-7H,1H3. The van der Waals surface area contributed by atoms with Gasteiger partial charge in [0.1, 0.15) is 10.1 Å². The first kappa shape index (κ1) is 13.0. The zero-order valence-corrected chi connectivity index (χ0v) is 13.1. The maximum absolute atomic E-state index is 6.28. The van der Waals surface area contributed by atoms with Crippen molar-refractivity contribution in [2.75, 3.05) is 0 Å². The van der Waals surface area contributed by atoms with Crippen LogP contribution in [0.4, 0.5) is 0 Å². The molecule has 0 amide bonds. The van der Waals surface area contributed by atoms with E-state index in [1.807, 2.05) is 37.4 Å². The number of hydrogen-bond acceptors (Lipinski definition) is 1. The third-order valence-electron chi connectivity index (χ3n) is 3.01. The normalized spacial score (nSPS) is 11.2. The average Bonchev–Trinajstić information content (AvgIpc) is 2.66.